The second-order valence-corrected chi connectivity index (χ2v) is 6.92. The van der Waals surface area contributed by atoms with Crippen LogP contribution in [0.25, 0.3) is 0 Å². The molecule has 5 heteroatoms. The van der Waals surface area contributed by atoms with Gasteiger partial charge in [0.2, 0.25) is 0 Å². The van der Waals surface area contributed by atoms with Crippen LogP contribution in [-0.2, 0) is 6.54 Å². The summed E-state index contributed by atoms with van der Waals surface area (Å²) in [6.45, 7) is 7.11. The zero-order valence-electron chi connectivity index (χ0n) is 11.5. The van der Waals surface area contributed by atoms with Crippen LogP contribution in [0.2, 0.25) is 0 Å². The lowest BCUT2D eigenvalue weighted by atomic mass is 10.1. The molecule has 0 amide bonds. The van der Waals surface area contributed by atoms with E-state index in [2.05, 4.69) is 53.6 Å². The van der Waals surface area contributed by atoms with E-state index in [4.69, 9.17) is 0 Å². The molecule has 0 radical (unpaired) electrons. The van der Waals surface area contributed by atoms with E-state index >= 15 is 0 Å². The quantitative estimate of drug-likeness (QED) is 0.822. The Hall–Kier alpha value is -0.910. The van der Waals surface area contributed by atoms with Gasteiger partial charge in [-0.25, -0.2) is 0 Å². The first-order valence-electron chi connectivity index (χ1n) is 6.44. The molecule has 0 aliphatic carbocycles. The second-order valence-electron chi connectivity index (χ2n) is 4.32. The van der Waals surface area contributed by atoms with E-state index < -0.39 is 0 Å². The first kappa shape index (κ1) is 14.5. The van der Waals surface area contributed by atoms with Crippen LogP contribution < -0.4 is 5.32 Å². The van der Waals surface area contributed by atoms with Crippen molar-refractivity contribution in [2.45, 2.75) is 38.3 Å². The minimum absolute atomic E-state index is 0.324. The number of nitrogens with zero attached hydrogens (tertiary/aromatic N) is 2. The highest BCUT2D eigenvalue weighted by atomic mass is 32.2. The van der Waals surface area contributed by atoms with Crippen molar-refractivity contribution < 1.29 is 0 Å². The van der Waals surface area contributed by atoms with Gasteiger partial charge in [0, 0.05) is 10.9 Å². The number of thioether (sulfide) groups is 1. The van der Waals surface area contributed by atoms with Gasteiger partial charge in [0.25, 0.3) is 0 Å². The third-order valence-corrected chi connectivity index (χ3v) is 4.55. The first-order valence-corrected chi connectivity index (χ1v) is 8.24. The van der Waals surface area contributed by atoms with Gasteiger partial charge in [-0.15, -0.1) is 33.3 Å². The van der Waals surface area contributed by atoms with Crippen LogP contribution in [0.4, 0.5) is 0 Å². The Kier molecular flexibility index (Phi) is 5.36. The molecule has 0 saturated carbocycles. The van der Waals surface area contributed by atoms with E-state index in [-0.39, 0.29) is 0 Å². The van der Waals surface area contributed by atoms with Crippen molar-refractivity contribution in [3.63, 3.8) is 0 Å². The van der Waals surface area contributed by atoms with Gasteiger partial charge in [0.05, 0.1) is 6.54 Å². The molecular weight excluding hydrogens is 274 g/mol. The highest BCUT2D eigenvalue weighted by molar-refractivity contribution is 7.99. The number of aryl methyl sites for hydroxylation is 1. The molecule has 1 heterocycles. The fourth-order valence-corrected chi connectivity index (χ4v) is 3.11. The van der Waals surface area contributed by atoms with Crippen LogP contribution in [0.1, 0.15) is 35.5 Å². The Labute approximate surface area is 122 Å². The van der Waals surface area contributed by atoms with Gasteiger partial charge in [-0.1, -0.05) is 19.1 Å². The predicted octanol–water partition coefficient (Wildman–Crippen LogP) is 3.81. The van der Waals surface area contributed by atoms with E-state index in [0.717, 1.165) is 22.3 Å². The van der Waals surface area contributed by atoms with Gasteiger partial charge in [0.15, 0.2) is 0 Å². The number of benzene rings is 1. The largest absolute Gasteiger partial charge is 0.304 e. The van der Waals surface area contributed by atoms with Crippen LogP contribution in [0.15, 0.2) is 29.2 Å². The molecule has 2 rings (SSSR count). The van der Waals surface area contributed by atoms with Crippen LogP contribution in [0, 0.1) is 6.92 Å². The van der Waals surface area contributed by atoms with Gasteiger partial charge in [-0.05, 0) is 37.3 Å². The molecule has 0 bridgehead atoms. The monoisotopic (exact) mass is 293 g/mol. The Morgan fingerprint density at radius 3 is 2.58 bits per heavy atom. The van der Waals surface area contributed by atoms with Gasteiger partial charge >= 0.3 is 0 Å². The lowest BCUT2D eigenvalue weighted by Gasteiger charge is -2.13. The predicted molar refractivity (Wildman–Crippen MR) is 82.7 cm³/mol. The Bertz CT molecular complexity index is 508. The minimum Gasteiger partial charge on any atom is -0.304 e. The molecule has 3 nitrogen and oxygen atoms in total. The van der Waals surface area contributed by atoms with Gasteiger partial charge in [0.1, 0.15) is 10.0 Å². The van der Waals surface area contributed by atoms with Gasteiger partial charge < -0.3 is 5.32 Å². The van der Waals surface area contributed by atoms with Crippen LogP contribution in [-0.4, -0.2) is 16.0 Å². The SMILES string of the molecule is CCSc1ccc([C@@H](C)NCc2nnc(C)s2)cc1. The fraction of sp³-hybridized carbons (Fsp3) is 0.429. The highest BCUT2D eigenvalue weighted by Gasteiger charge is 2.07. The Morgan fingerprint density at radius 2 is 2.00 bits per heavy atom. The summed E-state index contributed by atoms with van der Waals surface area (Å²) in [5.74, 6) is 1.11. The first-order chi connectivity index (χ1) is 9.19. The second kappa shape index (κ2) is 7.03. The molecule has 1 aromatic heterocycles. The summed E-state index contributed by atoms with van der Waals surface area (Å²) in [6, 6.07) is 9.10. The molecule has 0 aliphatic heterocycles. The maximum Gasteiger partial charge on any atom is 0.131 e. The normalized spacial score (nSPS) is 12.6. The maximum absolute atomic E-state index is 4.12. The third-order valence-electron chi connectivity index (χ3n) is 2.82. The van der Waals surface area contributed by atoms with E-state index in [1.54, 1.807) is 11.3 Å². The zero-order chi connectivity index (χ0) is 13.7. The van der Waals surface area contributed by atoms with Crippen molar-refractivity contribution >= 4 is 23.1 Å². The fourth-order valence-electron chi connectivity index (χ4n) is 1.79. The van der Waals surface area contributed by atoms with Crippen molar-refractivity contribution in [3.05, 3.63) is 39.8 Å². The minimum atomic E-state index is 0.324. The molecule has 0 spiro atoms. The van der Waals surface area contributed by atoms with E-state index in [9.17, 15) is 0 Å². The van der Waals surface area contributed by atoms with Crippen molar-refractivity contribution in [1.82, 2.24) is 15.5 Å². The molecule has 1 atom stereocenters. The molecular formula is C14H19N3S2. The van der Waals surface area contributed by atoms with Crippen LogP contribution >= 0.6 is 23.1 Å². The van der Waals surface area contributed by atoms with E-state index in [1.807, 2.05) is 18.7 Å². The molecule has 0 unspecified atom stereocenters. The lowest BCUT2D eigenvalue weighted by Crippen LogP contribution is -2.17. The smallest absolute Gasteiger partial charge is 0.131 e. The van der Waals surface area contributed by atoms with Gasteiger partial charge in [-0.2, -0.15) is 0 Å². The summed E-state index contributed by atoms with van der Waals surface area (Å²) in [5, 5.41) is 13.7. The molecule has 1 N–H and O–H groups in total. The average Bonchev–Trinajstić information content (AvgIpc) is 2.83. The maximum atomic E-state index is 4.12. The summed E-state index contributed by atoms with van der Waals surface area (Å²) < 4.78 is 0. The number of nitrogens with one attached hydrogen (secondary N) is 1. The molecule has 0 fully saturated rings. The van der Waals surface area contributed by atoms with E-state index in [1.165, 1.54) is 10.5 Å². The Balaban J connectivity index is 1.90. The lowest BCUT2D eigenvalue weighted by molar-refractivity contribution is 0.570. The molecule has 102 valence electrons. The standard InChI is InChI=1S/C14H19N3S2/c1-4-18-13-7-5-12(6-8-13)10(2)15-9-14-17-16-11(3)19-14/h5-8,10,15H,4,9H2,1-3H3/t10-/m1/s1. The Morgan fingerprint density at radius 1 is 1.26 bits per heavy atom. The van der Waals surface area contributed by atoms with Gasteiger partial charge in [-0.3, -0.25) is 0 Å². The zero-order valence-corrected chi connectivity index (χ0v) is 13.1. The van der Waals surface area contributed by atoms with Crippen LogP contribution in [0.5, 0.6) is 0 Å². The summed E-state index contributed by atoms with van der Waals surface area (Å²) in [6.07, 6.45) is 0. The van der Waals surface area contributed by atoms with Crippen molar-refractivity contribution in [3.8, 4) is 0 Å². The third kappa shape index (κ3) is 4.30. The number of hydrogen-bond donors (Lipinski definition) is 1. The highest BCUT2D eigenvalue weighted by Crippen LogP contribution is 2.21. The molecule has 19 heavy (non-hydrogen) atoms. The topological polar surface area (TPSA) is 37.8 Å². The summed E-state index contributed by atoms with van der Waals surface area (Å²) in [4.78, 5) is 1.33. The average molecular weight is 293 g/mol. The number of rotatable bonds is 6. The molecule has 0 saturated heterocycles. The number of aromatic nitrogens is 2. The van der Waals surface area contributed by atoms with Crippen molar-refractivity contribution in [2.75, 3.05) is 5.75 Å². The number of hydrogen-bond acceptors (Lipinski definition) is 5. The van der Waals surface area contributed by atoms with Crippen LogP contribution in [0.3, 0.4) is 0 Å². The summed E-state index contributed by atoms with van der Waals surface area (Å²) >= 11 is 3.52. The molecule has 0 aliphatic rings. The van der Waals surface area contributed by atoms with Crippen molar-refractivity contribution in [2.24, 2.45) is 0 Å². The summed E-state index contributed by atoms with van der Waals surface area (Å²) in [5.41, 5.74) is 1.31. The molecule has 2 aromatic rings. The molecule has 1 aromatic carbocycles. The van der Waals surface area contributed by atoms with Crippen molar-refractivity contribution in [1.29, 1.82) is 0 Å². The van der Waals surface area contributed by atoms with E-state index in [0.29, 0.717) is 6.04 Å². The summed E-state index contributed by atoms with van der Waals surface area (Å²) in [7, 11) is 0.